The standard InChI is InChI=1S/C7H14O3/c1-4-7(2,9)5-6(8)10-3/h9H,4-5H2,1-3H3. The molecule has 10 heavy (non-hydrogen) atoms. The highest BCUT2D eigenvalue weighted by molar-refractivity contribution is 5.70. The molecule has 0 saturated heterocycles. The van der Waals surface area contributed by atoms with Crippen LogP contribution in [0.2, 0.25) is 0 Å². The van der Waals surface area contributed by atoms with Gasteiger partial charge in [0.2, 0.25) is 0 Å². The van der Waals surface area contributed by atoms with E-state index in [1.807, 2.05) is 6.92 Å². The largest absolute Gasteiger partial charge is 0.469 e. The molecule has 0 rings (SSSR count). The predicted molar refractivity (Wildman–Crippen MR) is 37.5 cm³/mol. The van der Waals surface area contributed by atoms with Crippen LogP contribution in [0, 0.1) is 0 Å². The van der Waals surface area contributed by atoms with E-state index in [0.717, 1.165) is 0 Å². The van der Waals surface area contributed by atoms with Gasteiger partial charge in [0.25, 0.3) is 0 Å². The van der Waals surface area contributed by atoms with Crippen LogP contribution in [0.5, 0.6) is 0 Å². The van der Waals surface area contributed by atoms with Crippen molar-refractivity contribution in [2.75, 3.05) is 7.11 Å². The van der Waals surface area contributed by atoms with Crippen LogP contribution in [0.1, 0.15) is 26.7 Å². The molecule has 1 unspecified atom stereocenters. The van der Waals surface area contributed by atoms with Gasteiger partial charge in [-0.15, -0.1) is 0 Å². The van der Waals surface area contributed by atoms with E-state index < -0.39 is 5.60 Å². The molecule has 0 radical (unpaired) electrons. The van der Waals surface area contributed by atoms with E-state index in [2.05, 4.69) is 4.74 Å². The van der Waals surface area contributed by atoms with Gasteiger partial charge in [-0.2, -0.15) is 0 Å². The van der Waals surface area contributed by atoms with Crippen LogP contribution in [0.4, 0.5) is 0 Å². The summed E-state index contributed by atoms with van der Waals surface area (Å²) in [7, 11) is 1.31. The first kappa shape index (κ1) is 9.43. The molecule has 0 aliphatic carbocycles. The monoisotopic (exact) mass is 146 g/mol. The van der Waals surface area contributed by atoms with E-state index >= 15 is 0 Å². The van der Waals surface area contributed by atoms with E-state index in [0.29, 0.717) is 6.42 Å². The highest BCUT2D eigenvalue weighted by Gasteiger charge is 2.21. The summed E-state index contributed by atoms with van der Waals surface area (Å²) in [6, 6.07) is 0. The van der Waals surface area contributed by atoms with Gasteiger partial charge in [-0.25, -0.2) is 0 Å². The molecular weight excluding hydrogens is 132 g/mol. The Labute approximate surface area is 61.0 Å². The van der Waals surface area contributed by atoms with Crippen molar-refractivity contribution in [2.45, 2.75) is 32.3 Å². The van der Waals surface area contributed by atoms with Gasteiger partial charge < -0.3 is 9.84 Å². The number of hydrogen-bond donors (Lipinski definition) is 1. The lowest BCUT2D eigenvalue weighted by molar-refractivity contribution is -0.145. The third-order valence-electron chi connectivity index (χ3n) is 1.51. The van der Waals surface area contributed by atoms with Crippen LogP contribution in [0.3, 0.4) is 0 Å². The van der Waals surface area contributed by atoms with Crippen molar-refractivity contribution in [1.29, 1.82) is 0 Å². The molecule has 3 heteroatoms. The Hall–Kier alpha value is -0.570. The molecule has 0 heterocycles. The number of carbonyl (C=O) groups is 1. The third-order valence-corrected chi connectivity index (χ3v) is 1.51. The summed E-state index contributed by atoms with van der Waals surface area (Å²) in [6.45, 7) is 3.44. The highest BCUT2D eigenvalue weighted by Crippen LogP contribution is 2.13. The van der Waals surface area contributed by atoms with Crippen molar-refractivity contribution < 1.29 is 14.6 Å². The van der Waals surface area contributed by atoms with E-state index in [1.165, 1.54) is 7.11 Å². The molecule has 0 aromatic rings. The van der Waals surface area contributed by atoms with Gasteiger partial charge in [-0.3, -0.25) is 4.79 Å². The maximum Gasteiger partial charge on any atom is 0.308 e. The molecule has 3 nitrogen and oxygen atoms in total. The van der Waals surface area contributed by atoms with Crippen molar-refractivity contribution in [3.63, 3.8) is 0 Å². The molecule has 0 fully saturated rings. The Morgan fingerprint density at radius 3 is 2.50 bits per heavy atom. The minimum absolute atomic E-state index is 0.0694. The average Bonchev–Trinajstić information content (AvgIpc) is 1.87. The molecule has 0 bridgehead atoms. The summed E-state index contributed by atoms with van der Waals surface area (Å²) < 4.78 is 4.39. The zero-order valence-corrected chi connectivity index (χ0v) is 6.68. The lowest BCUT2D eigenvalue weighted by Crippen LogP contribution is -2.27. The Kier molecular flexibility index (Phi) is 3.36. The molecule has 60 valence electrons. The second-order valence-corrected chi connectivity index (χ2v) is 2.60. The molecule has 1 N–H and O–H groups in total. The Morgan fingerprint density at radius 2 is 2.20 bits per heavy atom. The maximum absolute atomic E-state index is 10.6. The van der Waals surface area contributed by atoms with Gasteiger partial charge in [-0.05, 0) is 13.3 Å². The van der Waals surface area contributed by atoms with Crippen LogP contribution >= 0.6 is 0 Å². The van der Waals surface area contributed by atoms with E-state index in [4.69, 9.17) is 0 Å². The predicted octanol–water partition coefficient (Wildman–Crippen LogP) is 0.710. The van der Waals surface area contributed by atoms with Crippen molar-refractivity contribution in [3.05, 3.63) is 0 Å². The van der Waals surface area contributed by atoms with Gasteiger partial charge in [0.15, 0.2) is 0 Å². The van der Waals surface area contributed by atoms with Crippen LogP contribution < -0.4 is 0 Å². The molecule has 0 aliphatic rings. The summed E-state index contributed by atoms with van der Waals surface area (Å²) in [5.74, 6) is -0.369. The van der Waals surface area contributed by atoms with Crippen molar-refractivity contribution in [3.8, 4) is 0 Å². The zero-order valence-electron chi connectivity index (χ0n) is 6.68. The smallest absolute Gasteiger partial charge is 0.308 e. The first-order chi connectivity index (χ1) is 4.52. The number of esters is 1. The number of methoxy groups -OCH3 is 1. The van der Waals surface area contributed by atoms with Crippen LogP contribution in [0.15, 0.2) is 0 Å². The summed E-state index contributed by atoms with van der Waals surface area (Å²) >= 11 is 0. The molecule has 0 saturated carbocycles. The molecular formula is C7H14O3. The Morgan fingerprint density at radius 1 is 1.70 bits per heavy atom. The van der Waals surface area contributed by atoms with E-state index in [-0.39, 0.29) is 12.4 Å². The van der Waals surface area contributed by atoms with E-state index in [1.54, 1.807) is 6.92 Å². The lowest BCUT2D eigenvalue weighted by atomic mass is 10.00. The summed E-state index contributed by atoms with van der Waals surface area (Å²) in [5.41, 5.74) is -0.910. The highest BCUT2D eigenvalue weighted by atomic mass is 16.5. The van der Waals surface area contributed by atoms with Crippen molar-refractivity contribution >= 4 is 5.97 Å². The summed E-state index contributed by atoms with van der Waals surface area (Å²) in [5, 5.41) is 9.32. The normalized spacial score (nSPS) is 16.0. The quantitative estimate of drug-likeness (QED) is 0.596. The van der Waals surface area contributed by atoms with E-state index in [9.17, 15) is 9.90 Å². The summed E-state index contributed by atoms with van der Waals surface area (Å²) in [4.78, 5) is 10.6. The zero-order chi connectivity index (χ0) is 8.20. The number of carbonyl (C=O) groups excluding carboxylic acids is 1. The van der Waals surface area contributed by atoms with Gasteiger partial charge >= 0.3 is 5.97 Å². The van der Waals surface area contributed by atoms with Gasteiger partial charge in [-0.1, -0.05) is 6.92 Å². The molecule has 0 aliphatic heterocycles. The van der Waals surface area contributed by atoms with Gasteiger partial charge in [0, 0.05) is 0 Å². The molecule has 0 spiro atoms. The van der Waals surface area contributed by atoms with Crippen LogP contribution in [0.25, 0.3) is 0 Å². The number of rotatable bonds is 3. The van der Waals surface area contributed by atoms with Crippen LogP contribution in [-0.4, -0.2) is 23.8 Å². The van der Waals surface area contributed by atoms with Crippen LogP contribution in [-0.2, 0) is 9.53 Å². The summed E-state index contributed by atoms with van der Waals surface area (Å²) in [6.07, 6.45) is 0.627. The average molecular weight is 146 g/mol. The van der Waals surface area contributed by atoms with Crippen molar-refractivity contribution in [1.82, 2.24) is 0 Å². The minimum Gasteiger partial charge on any atom is -0.469 e. The maximum atomic E-state index is 10.6. The Balaban J connectivity index is 3.76. The molecule has 0 amide bonds. The van der Waals surface area contributed by atoms with Gasteiger partial charge in [0.1, 0.15) is 0 Å². The molecule has 0 aromatic heterocycles. The topological polar surface area (TPSA) is 46.5 Å². The van der Waals surface area contributed by atoms with Gasteiger partial charge in [0.05, 0.1) is 19.1 Å². The second kappa shape index (κ2) is 3.56. The fourth-order valence-electron chi connectivity index (χ4n) is 0.508. The fourth-order valence-corrected chi connectivity index (χ4v) is 0.508. The molecule has 0 aromatic carbocycles. The second-order valence-electron chi connectivity index (χ2n) is 2.60. The fraction of sp³-hybridized carbons (Fsp3) is 0.857. The lowest BCUT2D eigenvalue weighted by Gasteiger charge is -2.18. The molecule has 1 atom stereocenters. The van der Waals surface area contributed by atoms with Crippen molar-refractivity contribution in [2.24, 2.45) is 0 Å². The SMILES string of the molecule is CCC(C)(O)CC(=O)OC. The number of hydrogen-bond acceptors (Lipinski definition) is 3. The minimum atomic E-state index is -0.910. The number of ether oxygens (including phenoxy) is 1. The third kappa shape index (κ3) is 3.45. The first-order valence-corrected chi connectivity index (χ1v) is 3.31. The number of aliphatic hydroxyl groups is 1. The Bertz CT molecular complexity index is 118. The first-order valence-electron chi connectivity index (χ1n) is 3.31.